The Hall–Kier alpha value is -1.62. The minimum absolute atomic E-state index is 0.120. The van der Waals surface area contributed by atoms with Crippen LogP contribution in [0.25, 0.3) is 10.6 Å². The number of aryl methyl sites for hydroxylation is 1. The van der Waals surface area contributed by atoms with Crippen molar-refractivity contribution in [2.75, 3.05) is 0 Å². The maximum absolute atomic E-state index is 10.5. The van der Waals surface area contributed by atoms with Crippen LogP contribution in [-0.2, 0) is 11.3 Å². The highest BCUT2D eigenvalue weighted by Crippen LogP contribution is 2.24. The SMILES string of the molecule is O=C(O)CCn1cncc1-c1cccs1. The molecular weight excluding hydrogens is 212 g/mol. The zero-order valence-corrected chi connectivity index (χ0v) is 8.78. The van der Waals surface area contributed by atoms with Gasteiger partial charge in [0.05, 0.1) is 29.5 Å². The van der Waals surface area contributed by atoms with E-state index in [2.05, 4.69) is 4.98 Å². The van der Waals surface area contributed by atoms with Gasteiger partial charge in [0.2, 0.25) is 0 Å². The summed E-state index contributed by atoms with van der Waals surface area (Å²) < 4.78 is 1.86. The van der Waals surface area contributed by atoms with Crippen LogP contribution in [0.2, 0.25) is 0 Å². The van der Waals surface area contributed by atoms with Crippen molar-refractivity contribution in [2.45, 2.75) is 13.0 Å². The van der Waals surface area contributed by atoms with Gasteiger partial charge in [0.25, 0.3) is 0 Å². The van der Waals surface area contributed by atoms with E-state index in [-0.39, 0.29) is 6.42 Å². The molecule has 5 heteroatoms. The number of carbonyl (C=O) groups is 1. The molecule has 2 rings (SSSR count). The molecule has 0 aliphatic carbocycles. The van der Waals surface area contributed by atoms with Crippen molar-refractivity contribution >= 4 is 17.3 Å². The van der Waals surface area contributed by atoms with Crippen molar-refractivity contribution in [1.29, 1.82) is 0 Å². The molecule has 0 aliphatic heterocycles. The first-order chi connectivity index (χ1) is 7.27. The first kappa shape index (κ1) is 9.92. The van der Waals surface area contributed by atoms with Crippen molar-refractivity contribution in [3.05, 3.63) is 30.0 Å². The topological polar surface area (TPSA) is 55.1 Å². The second kappa shape index (κ2) is 4.27. The monoisotopic (exact) mass is 222 g/mol. The molecule has 2 heterocycles. The van der Waals surface area contributed by atoms with E-state index in [0.29, 0.717) is 6.54 Å². The van der Waals surface area contributed by atoms with Gasteiger partial charge in [-0.05, 0) is 11.4 Å². The predicted octanol–water partition coefficient (Wildman–Crippen LogP) is 2.09. The number of imidazole rings is 1. The quantitative estimate of drug-likeness (QED) is 0.861. The third-order valence-electron chi connectivity index (χ3n) is 2.05. The van der Waals surface area contributed by atoms with Gasteiger partial charge in [-0.15, -0.1) is 11.3 Å². The average Bonchev–Trinajstić information content (AvgIpc) is 2.85. The summed E-state index contributed by atoms with van der Waals surface area (Å²) in [5.41, 5.74) is 0.978. The Morgan fingerprint density at radius 2 is 2.47 bits per heavy atom. The lowest BCUT2D eigenvalue weighted by atomic mass is 10.3. The van der Waals surface area contributed by atoms with Crippen LogP contribution in [0.5, 0.6) is 0 Å². The van der Waals surface area contributed by atoms with Crippen LogP contribution in [0.15, 0.2) is 30.0 Å². The van der Waals surface area contributed by atoms with Crippen LogP contribution in [0.1, 0.15) is 6.42 Å². The summed E-state index contributed by atoms with van der Waals surface area (Å²) in [4.78, 5) is 15.6. The van der Waals surface area contributed by atoms with Crippen LogP contribution in [0.4, 0.5) is 0 Å². The number of hydrogen-bond donors (Lipinski definition) is 1. The zero-order valence-electron chi connectivity index (χ0n) is 7.96. The van der Waals surface area contributed by atoms with E-state index >= 15 is 0 Å². The Morgan fingerprint density at radius 3 is 3.13 bits per heavy atom. The number of rotatable bonds is 4. The molecule has 0 radical (unpaired) electrons. The molecule has 0 aliphatic rings. The van der Waals surface area contributed by atoms with Crippen LogP contribution >= 0.6 is 11.3 Å². The van der Waals surface area contributed by atoms with Gasteiger partial charge in [-0.3, -0.25) is 4.79 Å². The summed E-state index contributed by atoms with van der Waals surface area (Å²) in [6.45, 7) is 0.461. The molecule has 1 N–H and O–H groups in total. The molecule has 2 aromatic heterocycles. The summed E-state index contributed by atoms with van der Waals surface area (Å²) in [5.74, 6) is -0.791. The summed E-state index contributed by atoms with van der Waals surface area (Å²) in [6, 6.07) is 3.97. The maximum Gasteiger partial charge on any atom is 0.305 e. The van der Waals surface area contributed by atoms with Gasteiger partial charge in [0, 0.05) is 6.54 Å². The van der Waals surface area contributed by atoms with Gasteiger partial charge in [-0.1, -0.05) is 6.07 Å². The summed E-state index contributed by atoms with van der Waals surface area (Å²) in [6.07, 6.45) is 3.54. The number of aromatic nitrogens is 2. The Bertz CT molecular complexity index is 448. The first-order valence-electron chi connectivity index (χ1n) is 4.53. The minimum Gasteiger partial charge on any atom is -0.481 e. The van der Waals surface area contributed by atoms with Crippen molar-refractivity contribution in [1.82, 2.24) is 9.55 Å². The van der Waals surface area contributed by atoms with E-state index < -0.39 is 5.97 Å². The molecule has 0 atom stereocenters. The van der Waals surface area contributed by atoms with Gasteiger partial charge in [0.1, 0.15) is 0 Å². The lowest BCUT2D eigenvalue weighted by molar-refractivity contribution is -0.137. The Labute approximate surface area is 90.8 Å². The molecule has 0 saturated heterocycles. The number of carboxylic acids is 1. The second-order valence-corrected chi connectivity index (χ2v) is 4.04. The van der Waals surface area contributed by atoms with E-state index in [1.54, 1.807) is 23.9 Å². The van der Waals surface area contributed by atoms with Crippen molar-refractivity contribution < 1.29 is 9.90 Å². The van der Waals surface area contributed by atoms with E-state index in [1.807, 2.05) is 22.1 Å². The molecule has 0 unspecified atom stereocenters. The summed E-state index contributed by atoms with van der Waals surface area (Å²) in [7, 11) is 0. The van der Waals surface area contributed by atoms with Gasteiger partial charge in [-0.25, -0.2) is 4.98 Å². The predicted molar refractivity (Wildman–Crippen MR) is 57.8 cm³/mol. The lowest BCUT2D eigenvalue weighted by Gasteiger charge is -2.03. The fraction of sp³-hybridized carbons (Fsp3) is 0.200. The van der Waals surface area contributed by atoms with Crippen molar-refractivity contribution in [2.24, 2.45) is 0 Å². The minimum atomic E-state index is -0.791. The molecule has 4 nitrogen and oxygen atoms in total. The van der Waals surface area contributed by atoms with E-state index in [4.69, 9.17) is 5.11 Å². The first-order valence-corrected chi connectivity index (χ1v) is 5.41. The molecular formula is C10H10N2O2S. The number of hydrogen-bond acceptors (Lipinski definition) is 3. The number of aliphatic carboxylic acids is 1. The van der Waals surface area contributed by atoms with Crippen LogP contribution in [-0.4, -0.2) is 20.6 Å². The molecule has 0 fully saturated rings. The van der Waals surface area contributed by atoms with E-state index in [1.165, 1.54) is 0 Å². The van der Waals surface area contributed by atoms with Gasteiger partial charge in [-0.2, -0.15) is 0 Å². The van der Waals surface area contributed by atoms with Crippen LogP contribution < -0.4 is 0 Å². The zero-order chi connectivity index (χ0) is 10.7. The molecule has 15 heavy (non-hydrogen) atoms. The summed E-state index contributed by atoms with van der Waals surface area (Å²) in [5, 5.41) is 10.6. The van der Waals surface area contributed by atoms with E-state index in [9.17, 15) is 4.79 Å². The number of thiophene rings is 1. The Morgan fingerprint density at radius 1 is 1.60 bits per heavy atom. The molecule has 0 amide bonds. The largest absolute Gasteiger partial charge is 0.481 e. The second-order valence-electron chi connectivity index (χ2n) is 3.09. The third-order valence-corrected chi connectivity index (χ3v) is 2.94. The maximum atomic E-state index is 10.5. The standard InChI is InChI=1S/C10H10N2O2S/c13-10(14)3-4-12-7-11-6-8(12)9-2-1-5-15-9/h1-2,5-7H,3-4H2,(H,13,14). The van der Waals surface area contributed by atoms with Crippen molar-refractivity contribution in [3.63, 3.8) is 0 Å². The normalized spacial score (nSPS) is 10.4. The van der Waals surface area contributed by atoms with Gasteiger partial charge in [0.15, 0.2) is 0 Å². The molecule has 78 valence electrons. The van der Waals surface area contributed by atoms with Crippen molar-refractivity contribution in [3.8, 4) is 10.6 Å². The molecule has 0 aromatic carbocycles. The van der Waals surface area contributed by atoms with Gasteiger partial charge < -0.3 is 9.67 Å². The van der Waals surface area contributed by atoms with Crippen LogP contribution in [0, 0.1) is 0 Å². The van der Waals surface area contributed by atoms with Gasteiger partial charge >= 0.3 is 5.97 Å². The summed E-state index contributed by atoms with van der Waals surface area (Å²) >= 11 is 1.62. The van der Waals surface area contributed by atoms with E-state index in [0.717, 1.165) is 10.6 Å². The fourth-order valence-electron chi connectivity index (χ4n) is 1.34. The number of nitrogens with zero attached hydrogens (tertiary/aromatic N) is 2. The Kier molecular flexibility index (Phi) is 2.82. The average molecular weight is 222 g/mol. The Balaban J connectivity index is 2.19. The smallest absolute Gasteiger partial charge is 0.305 e. The highest BCUT2D eigenvalue weighted by atomic mass is 32.1. The fourth-order valence-corrected chi connectivity index (χ4v) is 2.10. The number of carboxylic acid groups (broad SMARTS) is 1. The highest BCUT2D eigenvalue weighted by Gasteiger charge is 2.06. The molecule has 0 spiro atoms. The third kappa shape index (κ3) is 2.24. The molecule has 0 saturated carbocycles. The molecule has 2 aromatic rings. The highest BCUT2D eigenvalue weighted by molar-refractivity contribution is 7.13. The van der Waals surface area contributed by atoms with Crippen LogP contribution in [0.3, 0.4) is 0 Å². The molecule has 0 bridgehead atoms. The lowest BCUT2D eigenvalue weighted by Crippen LogP contribution is -2.04.